The molecule has 0 aliphatic rings. The largest absolute Gasteiger partial charge is 0.390 e. The highest BCUT2D eigenvalue weighted by atomic mass is 19.3. The Balaban J connectivity index is 2.32. The molecule has 0 bridgehead atoms. The number of aromatic nitrogens is 2. The summed E-state index contributed by atoms with van der Waals surface area (Å²) in [6.45, 7) is -2.38. The van der Waals surface area contributed by atoms with Gasteiger partial charge in [0.1, 0.15) is 6.61 Å². The molecule has 0 fully saturated rings. The van der Waals surface area contributed by atoms with Gasteiger partial charge in [-0.15, -0.1) is 0 Å². The molecule has 0 aliphatic carbocycles. The van der Waals surface area contributed by atoms with E-state index in [9.17, 15) is 18.4 Å². The molecule has 3 N–H and O–H groups in total. The summed E-state index contributed by atoms with van der Waals surface area (Å²) in [5, 5.41) is 16.6. The fourth-order valence-electron chi connectivity index (χ4n) is 1.64. The lowest BCUT2D eigenvalue weighted by Crippen LogP contribution is -2.39. The van der Waals surface area contributed by atoms with Crippen LogP contribution in [0.2, 0.25) is 0 Å². The highest BCUT2D eigenvalue weighted by molar-refractivity contribution is 6.04. The number of hydrogen-bond acceptors (Lipinski definition) is 4. The Hall–Kier alpha value is -2.35. The monoisotopic (exact) mass is 283 g/mol. The third-order valence-electron chi connectivity index (χ3n) is 2.65. The number of carbonyl (C=O) groups is 1. The molecule has 2 aromatic rings. The minimum Gasteiger partial charge on any atom is -0.390 e. The van der Waals surface area contributed by atoms with Crippen molar-refractivity contribution in [2.45, 2.75) is 5.92 Å². The van der Waals surface area contributed by atoms with Crippen LogP contribution in [0.25, 0.3) is 10.8 Å². The highest BCUT2D eigenvalue weighted by Gasteiger charge is 2.29. The van der Waals surface area contributed by atoms with E-state index in [2.05, 4.69) is 10.2 Å². The molecule has 1 heterocycles. The zero-order chi connectivity index (χ0) is 14.8. The van der Waals surface area contributed by atoms with Crippen molar-refractivity contribution < 1.29 is 18.7 Å². The fraction of sp³-hybridized carbons (Fsp3) is 0.250. The minimum absolute atomic E-state index is 0.158. The van der Waals surface area contributed by atoms with E-state index in [1.54, 1.807) is 12.1 Å². The normalized spacial score (nSPS) is 11.6. The van der Waals surface area contributed by atoms with Gasteiger partial charge in [0.25, 0.3) is 17.4 Å². The van der Waals surface area contributed by atoms with Crippen molar-refractivity contribution in [1.29, 1.82) is 0 Å². The summed E-state index contributed by atoms with van der Waals surface area (Å²) in [4.78, 5) is 23.3. The van der Waals surface area contributed by atoms with Gasteiger partial charge >= 0.3 is 0 Å². The number of aromatic amines is 1. The second-order valence-electron chi connectivity index (χ2n) is 4.14. The molecule has 1 aromatic carbocycles. The molecule has 0 spiro atoms. The summed E-state index contributed by atoms with van der Waals surface area (Å²) in [5.74, 6) is -4.27. The van der Waals surface area contributed by atoms with E-state index in [-0.39, 0.29) is 16.5 Å². The van der Waals surface area contributed by atoms with Gasteiger partial charge in [-0.3, -0.25) is 9.59 Å². The van der Waals surface area contributed by atoms with Crippen molar-refractivity contribution in [3.8, 4) is 0 Å². The van der Waals surface area contributed by atoms with E-state index < -0.39 is 30.5 Å². The van der Waals surface area contributed by atoms with Crippen LogP contribution >= 0.6 is 0 Å². The first-order chi connectivity index (χ1) is 9.44. The van der Waals surface area contributed by atoms with Gasteiger partial charge in [0.2, 0.25) is 0 Å². The Kier molecular flexibility index (Phi) is 3.75. The van der Waals surface area contributed by atoms with Crippen LogP contribution in [0, 0.1) is 0 Å². The van der Waals surface area contributed by atoms with Gasteiger partial charge in [0.05, 0.1) is 11.9 Å². The lowest BCUT2D eigenvalue weighted by Gasteiger charge is -2.13. The number of rotatable bonds is 4. The molecular formula is C12H11F2N3O3. The van der Waals surface area contributed by atoms with Crippen LogP contribution in [0.1, 0.15) is 10.5 Å². The van der Waals surface area contributed by atoms with Crippen molar-refractivity contribution in [3.63, 3.8) is 0 Å². The molecule has 20 heavy (non-hydrogen) atoms. The molecule has 0 unspecified atom stereocenters. The van der Waals surface area contributed by atoms with Crippen molar-refractivity contribution >= 4 is 16.7 Å². The SMILES string of the molecule is O=C(NCC(F)(F)CO)c1n[nH]c(=O)c2ccccc12. The number of carbonyl (C=O) groups excluding carboxylic acids is 1. The van der Waals surface area contributed by atoms with Crippen LogP contribution < -0.4 is 10.9 Å². The van der Waals surface area contributed by atoms with E-state index in [0.29, 0.717) is 0 Å². The first kappa shape index (κ1) is 14.1. The van der Waals surface area contributed by atoms with Gasteiger partial charge in [-0.25, -0.2) is 13.9 Å². The predicted molar refractivity (Wildman–Crippen MR) is 66.7 cm³/mol. The predicted octanol–water partition coefficient (Wildman–Crippen LogP) is 0.280. The summed E-state index contributed by atoms with van der Waals surface area (Å²) >= 11 is 0. The Labute approximate surface area is 111 Å². The number of fused-ring (bicyclic) bond motifs is 1. The Bertz CT molecular complexity index is 700. The van der Waals surface area contributed by atoms with Crippen molar-refractivity contribution in [2.75, 3.05) is 13.2 Å². The van der Waals surface area contributed by atoms with Crippen molar-refractivity contribution in [1.82, 2.24) is 15.5 Å². The molecule has 106 valence electrons. The smallest absolute Gasteiger partial charge is 0.287 e. The number of H-pyrrole nitrogens is 1. The second kappa shape index (κ2) is 5.33. The van der Waals surface area contributed by atoms with Gasteiger partial charge < -0.3 is 10.4 Å². The average molecular weight is 283 g/mol. The highest BCUT2D eigenvalue weighted by Crippen LogP contribution is 2.13. The Morgan fingerprint density at radius 1 is 1.35 bits per heavy atom. The molecule has 0 atom stereocenters. The molecule has 0 saturated carbocycles. The van der Waals surface area contributed by atoms with Crippen molar-refractivity contribution in [2.24, 2.45) is 0 Å². The number of aliphatic hydroxyl groups excluding tert-OH is 1. The number of benzene rings is 1. The third-order valence-corrected chi connectivity index (χ3v) is 2.65. The summed E-state index contributed by atoms with van der Waals surface area (Å²) < 4.78 is 25.7. The van der Waals surface area contributed by atoms with Crippen LogP contribution in [0.3, 0.4) is 0 Å². The molecule has 1 aromatic heterocycles. The number of amides is 1. The van der Waals surface area contributed by atoms with E-state index in [1.807, 2.05) is 5.32 Å². The first-order valence-corrected chi connectivity index (χ1v) is 5.69. The molecule has 2 rings (SSSR count). The van der Waals surface area contributed by atoms with E-state index in [0.717, 1.165) is 0 Å². The number of aliphatic hydroxyl groups is 1. The Morgan fingerprint density at radius 2 is 2.00 bits per heavy atom. The zero-order valence-corrected chi connectivity index (χ0v) is 10.2. The molecule has 1 amide bonds. The second-order valence-corrected chi connectivity index (χ2v) is 4.14. The molecule has 0 aliphatic heterocycles. The number of halogens is 2. The van der Waals surface area contributed by atoms with Crippen LogP contribution in [0.15, 0.2) is 29.1 Å². The average Bonchev–Trinajstić information content (AvgIpc) is 2.46. The lowest BCUT2D eigenvalue weighted by atomic mass is 10.1. The first-order valence-electron chi connectivity index (χ1n) is 5.69. The Morgan fingerprint density at radius 3 is 2.65 bits per heavy atom. The van der Waals surface area contributed by atoms with Gasteiger partial charge in [-0.1, -0.05) is 18.2 Å². The maximum absolute atomic E-state index is 12.9. The lowest BCUT2D eigenvalue weighted by molar-refractivity contribution is -0.0462. The summed E-state index contributed by atoms with van der Waals surface area (Å²) in [6.07, 6.45) is 0. The summed E-state index contributed by atoms with van der Waals surface area (Å²) in [5.41, 5.74) is -0.633. The van der Waals surface area contributed by atoms with Gasteiger partial charge in [-0.05, 0) is 6.07 Å². The fourth-order valence-corrected chi connectivity index (χ4v) is 1.64. The van der Waals surface area contributed by atoms with E-state index in [1.165, 1.54) is 12.1 Å². The van der Waals surface area contributed by atoms with E-state index in [4.69, 9.17) is 5.11 Å². The van der Waals surface area contributed by atoms with Gasteiger partial charge in [0, 0.05) is 5.39 Å². The number of hydrogen-bond donors (Lipinski definition) is 3. The summed E-state index contributed by atoms with van der Waals surface area (Å²) in [7, 11) is 0. The molecule has 0 radical (unpaired) electrons. The van der Waals surface area contributed by atoms with Gasteiger partial charge in [-0.2, -0.15) is 5.10 Å². The minimum atomic E-state index is -3.41. The molecule has 8 heteroatoms. The molecule has 6 nitrogen and oxygen atoms in total. The number of nitrogens with one attached hydrogen (secondary N) is 2. The zero-order valence-electron chi connectivity index (χ0n) is 10.2. The van der Waals surface area contributed by atoms with Gasteiger partial charge in [0.15, 0.2) is 5.69 Å². The van der Waals surface area contributed by atoms with Crippen LogP contribution in [-0.4, -0.2) is 40.3 Å². The molecule has 0 saturated heterocycles. The quantitative estimate of drug-likeness (QED) is 0.751. The molecular weight excluding hydrogens is 272 g/mol. The van der Waals surface area contributed by atoms with Crippen molar-refractivity contribution in [3.05, 3.63) is 40.3 Å². The number of nitrogens with zero attached hydrogens (tertiary/aromatic N) is 1. The maximum atomic E-state index is 12.9. The van der Waals surface area contributed by atoms with E-state index >= 15 is 0 Å². The topological polar surface area (TPSA) is 95.1 Å². The van der Waals surface area contributed by atoms with Crippen LogP contribution in [-0.2, 0) is 0 Å². The number of alkyl halides is 2. The standard InChI is InChI=1S/C12H11F2N3O3/c13-12(14,6-18)5-15-11(20)9-7-3-1-2-4-8(7)10(19)17-16-9/h1-4,18H,5-6H2,(H,15,20)(H,17,19). The third kappa shape index (κ3) is 2.80. The van der Waals surface area contributed by atoms with Crippen LogP contribution in [0.4, 0.5) is 8.78 Å². The summed E-state index contributed by atoms with van der Waals surface area (Å²) in [6, 6.07) is 6.20. The maximum Gasteiger partial charge on any atom is 0.287 e. The van der Waals surface area contributed by atoms with Crippen LogP contribution in [0.5, 0.6) is 0 Å².